The van der Waals surface area contributed by atoms with Gasteiger partial charge < -0.3 is 10.1 Å². The van der Waals surface area contributed by atoms with Crippen molar-refractivity contribution in [2.75, 3.05) is 19.7 Å². The molecule has 146 valence electrons. The molecule has 1 amide bonds. The first-order valence-corrected chi connectivity index (χ1v) is 11.2. The van der Waals surface area contributed by atoms with Gasteiger partial charge in [0.15, 0.2) is 6.61 Å². The highest BCUT2D eigenvalue weighted by atomic mass is 32.2. The molecule has 27 heavy (non-hydrogen) atoms. The molecular weight excluding hydrogens is 384 g/mol. The molecule has 1 aromatic carbocycles. The van der Waals surface area contributed by atoms with Crippen molar-refractivity contribution >= 4 is 27.3 Å². The Labute approximate surface area is 164 Å². The van der Waals surface area contributed by atoms with Crippen LogP contribution in [0.4, 0.5) is 0 Å². The first-order chi connectivity index (χ1) is 12.9. The van der Waals surface area contributed by atoms with Crippen LogP contribution in [0, 0.1) is 5.92 Å². The zero-order valence-corrected chi connectivity index (χ0v) is 16.9. The molecule has 0 saturated carbocycles. The molecule has 0 unspecified atom stereocenters. The van der Waals surface area contributed by atoms with Crippen LogP contribution >= 0.6 is 11.3 Å². The maximum atomic E-state index is 12.7. The molecule has 1 saturated heterocycles. The molecule has 8 heteroatoms. The van der Waals surface area contributed by atoms with Gasteiger partial charge in [0, 0.05) is 18.0 Å². The molecule has 0 bridgehead atoms. The van der Waals surface area contributed by atoms with E-state index in [4.69, 9.17) is 4.74 Å². The first kappa shape index (κ1) is 19.9. The molecule has 2 aromatic rings. The lowest BCUT2D eigenvalue weighted by Gasteiger charge is -2.28. The minimum atomic E-state index is -3.43. The van der Waals surface area contributed by atoms with E-state index in [2.05, 4.69) is 12.2 Å². The average molecular weight is 409 g/mol. The molecule has 2 heterocycles. The van der Waals surface area contributed by atoms with Crippen LogP contribution in [0.2, 0.25) is 0 Å². The maximum Gasteiger partial charge on any atom is 0.258 e. The van der Waals surface area contributed by atoms with Gasteiger partial charge in [-0.3, -0.25) is 4.79 Å². The number of rotatable bonds is 7. The molecular formula is C19H24N2O4S2. The summed E-state index contributed by atoms with van der Waals surface area (Å²) >= 11 is 1.21. The molecule has 0 aliphatic carbocycles. The monoisotopic (exact) mass is 408 g/mol. The van der Waals surface area contributed by atoms with E-state index < -0.39 is 10.0 Å². The third kappa shape index (κ3) is 5.31. The average Bonchev–Trinajstić information content (AvgIpc) is 3.16. The highest BCUT2D eigenvalue weighted by molar-refractivity contribution is 7.91. The van der Waals surface area contributed by atoms with Gasteiger partial charge in [-0.15, -0.1) is 11.3 Å². The van der Waals surface area contributed by atoms with Crippen LogP contribution in [0.5, 0.6) is 5.75 Å². The van der Waals surface area contributed by atoms with Crippen molar-refractivity contribution in [2.24, 2.45) is 5.92 Å². The standard InChI is InChI=1S/C19H24N2O4S2/c1-15-9-11-21(12-10-15)27(23,24)19-8-7-17(26-19)13-20-18(22)14-25-16-5-3-2-4-6-16/h2-8,15H,9-14H2,1H3,(H,20,22). The molecule has 1 aliphatic rings. The lowest BCUT2D eigenvalue weighted by Crippen LogP contribution is -2.37. The number of benzene rings is 1. The largest absolute Gasteiger partial charge is 0.484 e. The zero-order chi connectivity index (χ0) is 19.3. The van der Waals surface area contributed by atoms with Gasteiger partial charge in [-0.2, -0.15) is 4.31 Å². The fraction of sp³-hybridized carbons (Fsp3) is 0.421. The van der Waals surface area contributed by atoms with Gasteiger partial charge in [-0.25, -0.2) is 8.42 Å². The highest BCUT2D eigenvalue weighted by Gasteiger charge is 2.29. The second kappa shape index (κ2) is 8.86. The summed E-state index contributed by atoms with van der Waals surface area (Å²) in [4.78, 5) is 12.7. The van der Waals surface area contributed by atoms with Crippen LogP contribution in [-0.2, 0) is 21.4 Å². The fourth-order valence-electron chi connectivity index (χ4n) is 2.85. The van der Waals surface area contributed by atoms with Crippen LogP contribution in [-0.4, -0.2) is 38.3 Å². The van der Waals surface area contributed by atoms with E-state index in [1.807, 2.05) is 18.2 Å². The zero-order valence-electron chi connectivity index (χ0n) is 15.3. The van der Waals surface area contributed by atoms with Crippen molar-refractivity contribution in [3.05, 3.63) is 47.3 Å². The Kier molecular flexibility index (Phi) is 6.51. The number of carbonyl (C=O) groups is 1. The van der Waals surface area contributed by atoms with Crippen molar-refractivity contribution in [1.29, 1.82) is 0 Å². The highest BCUT2D eigenvalue weighted by Crippen LogP contribution is 2.28. The summed E-state index contributed by atoms with van der Waals surface area (Å²) in [6, 6.07) is 12.5. The number of hydrogen-bond acceptors (Lipinski definition) is 5. The topological polar surface area (TPSA) is 75.7 Å². The molecule has 1 aromatic heterocycles. The molecule has 0 spiro atoms. The minimum absolute atomic E-state index is 0.0769. The van der Waals surface area contributed by atoms with Crippen LogP contribution in [0.15, 0.2) is 46.7 Å². The number of amides is 1. The first-order valence-electron chi connectivity index (χ1n) is 8.98. The quantitative estimate of drug-likeness (QED) is 0.764. The summed E-state index contributed by atoms with van der Waals surface area (Å²) in [7, 11) is -3.43. The number of nitrogens with one attached hydrogen (secondary N) is 1. The third-order valence-electron chi connectivity index (χ3n) is 4.55. The third-order valence-corrected chi connectivity index (χ3v) is 8.00. The Hall–Kier alpha value is -1.90. The van der Waals surface area contributed by atoms with Gasteiger partial charge in [0.1, 0.15) is 9.96 Å². The number of carbonyl (C=O) groups excluding carboxylic acids is 1. The molecule has 0 radical (unpaired) electrons. The number of piperidine rings is 1. The van der Waals surface area contributed by atoms with Crippen molar-refractivity contribution < 1.29 is 17.9 Å². The number of hydrogen-bond donors (Lipinski definition) is 1. The van der Waals surface area contributed by atoms with Crippen molar-refractivity contribution in [3.63, 3.8) is 0 Å². The van der Waals surface area contributed by atoms with Crippen molar-refractivity contribution in [3.8, 4) is 5.75 Å². The van der Waals surface area contributed by atoms with Crippen LogP contribution in [0.1, 0.15) is 24.6 Å². The summed E-state index contributed by atoms with van der Waals surface area (Å²) in [6.45, 7) is 3.51. The van der Waals surface area contributed by atoms with E-state index in [1.54, 1.807) is 28.6 Å². The number of ether oxygens (including phenoxy) is 1. The van der Waals surface area contributed by atoms with E-state index in [0.29, 0.717) is 29.0 Å². The maximum absolute atomic E-state index is 12.7. The minimum Gasteiger partial charge on any atom is -0.484 e. The predicted molar refractivity (Wildman–Crippen MR) is 105 cm³/mol. The van der Waals surface area contributed by atoms with Gasteiger partial charge in [-0.05, 0) is 43.0 Å². The van der Waals surface area contributed by atoms with Crippen molar-refractivity contribution in [2.45, 2.75) is 30.5 Å². The van der Waals surface area contributed by atoms with Gasteiger partial charge in [0.2, 0.25) is 0 Å². The van der Waals surface area contributed by atoms with Gasteiger partial charge in [0.25, 0.3) is 15.9 Å². The number of para-hydroxylation sites is 1. The summed E-state index contributed by atoms with van der Waals surface area (Å²) in [5, 5.41) is 2.76. The lowest BCUT2D eigenvalue weighted by molar-refractivity contribution is -0.123. The van der Waals surface area contributed by atoms with E-state index >= 15 is 0 Å². The normalized spacial score (nSPS) is 16.2. The van der Waals surface area contributed by atoms with E-state index in [9.17, 15) is 13.2 Å². The number of nitrogens with zero attached hydrogens (tertiary/aromatic N) is 1. The second-order valence-electron chi connectivity index (χ2n) is 6.69. The Balaban J connectivity index is 1.51. The molecule has 6 nitrogen and oxygen atoms in total. The molecule has 0 atom stereocenters. The van der Waals surface area contributed by atoms with Gasteiger partial charge in [0.05, 0.1) is 6.54 Å². The summed E-state index contributed by atoms with van der Waals surface area (Å²) < 4.78 is 32.8. The van der Waals surface area contributed by atoms with Gasteiger partial charge >= 0.3 is 0 Å². The second-order valence-corrected chi connectivity index (χ2v) is 10.0. The summed E-state index contributed by atoms with van der Waals surface area (Å²) in [5.41, 5.74) is 0. The molecule has 3 rings (SSSR count). The Morgan fingerprint density at radius 1 is 1.19 bits per heavy atom. The number of sulfonamides is 1. The molecule has 1 fully saturated rings. The predicted octanol–water partition coefficient (Wildman–Crippen LogP) is 2.86. The van der Waals surface area contributed by atoms with Crippen LogP contribution in [0.3, 0.4) is 0 Å². The van der Waals surface area contributed by atoms with E-state index in [0.717, 1.165) is 17.7 Å². The molecule has 1 aliphatic heterocycles. The smallest absolute Gasteiger partial charge is 0.258 e. The van der Waals surface area contributed by atoms with Crippen LogP contribution < -0.4 is 10.1 Å². The summed E-state index contributed by atoms with van der Waals surface area (Å²) in [6.07, 6.45) is 1.80. The Bertz CT molecular complexity index is 857. The Morgan fingerprint density at radius 2 is 1.89 bits per heavy atom. The summed E-state index contributed by atoms with van der Waals surface area (Å²) in [5.74, 6) is 0.957. The van der Waals surface area contributed by atoms with Crippen molar-refractivity contribution in [1.82, 2.24) is 9.62 Å². The Morgan fingerprint density at radius 3 is 2.59 bits per heavy atom. The van der Waals surface area contributed by atoms with Crippen LogP contribution in [0.25, 0.3) is 0 Å². The SMILES string of the molecule is CC1CCN(S(=O)(=O)c2ccc(CNC(=O)COc3ccccc3)s2)CC1. The molecule has 1 N–H and O–H groups in total. The van der Waals surface area contributed by atoms with E-state index in [1.165, 1.54) is 11.3 Å². The van der Waals surface area contributed by atoms with Gasteiger partial charge in [-0.1, -0.05) is 25.1 Å². The number of thiophene rings is 1. The lowest BCUT2D eigenvalue weighted by atomic mass is 10.0. The fourth-order valence-corrected chi connectivity index (χ4v) is 5.77. The van der Waals surface area contributed by atoms with E-state index in [-0.39, 0.29) is 19.1 Å².